The van der Waals surface area contributed by atoms with Crippen molar-refractivity contribution >= 4 is 5.97 Å². The summed E-state index contributed by atoms with van der Waals surface area (Å²) in [6.07, 6.45) is 0.416. The van der Waals surface area contributed by atoms with Gasteiger partial charge in [-0.2, -0.15) is 0 Å². The maximum absolute atomic E-state index is 10.7. The second-order valence-electron chi connectivity index (χ2n) is 3.32. The van der Waals surface area contributed by atoms with Crippen molar-refractivity contribution in [1.29, 1.82) is 0 Å². The third-order valence-corrected chi connectivity index (χ3v) is 2.32. The Hall–Kier alpha value is -1.71. The van der Waals surface area contributed by atoms with Crippen molar-refractivity contribution in [3.05, 3.63) is 23.8 Å². The Bertz CT molecular complexity index is 372. The number of fused-ring (bicyclic) bond motifs is 1. The fourth-order valence-corrected chi connectivity index (χ4v) is 1.57. The van der Waals surface area contributed by atoms with E-state index in [4.69, 9.17) is 9.84 Å². The Kier molecular flexibility index (Phi) is 2.04. The molecule has 1 aliphatic heterocycles. The Labute approximate surface area is 80.7 Å². The molecule has 1 atom stereocenters. The number of hydrogen-bond acceptors (Lipinski definition) is 3. The number of hydrogen-bond donors (Lipinski definition) is 2. The number of aromatic hydroxyl groups is 1. The van der Waals surface area contributed by atoms with Gasteiger partial charge in [0, 0.05) is 0 Å². The van der Waals surface area contributed by atoms with Crippen LogP contribution < -0.4 is 4.74 Å². The van der Waals surface area contributed by atoms with Crippen molar-refractivity contribution < 1.29 is 19.7 Å². The van der Waals surface area contributed by atoms with Crippen LogP contribution in [0.4, 0.5) is 0 Å². The van der Waals surface area contributed by atoms with Gasteiger partial charge in [-0.25, -0.2) is 0 Å². The van der Waals surface area contributed by atoms with Crippen molar-refractivity contribution in [2.45, 2.75) is 6.42 Å². The maximum Gasteiger partial charge on any atom is 0.310 e. The summed E-state index contributed by atoms with van der Waals surface area (Å²) in [7, 11) is 0. The Morgan fingerprint density at radius 1 is 1.50 bits per heavy atom. The molecule has 2 rings (SSSR count). The molecule has 0 aromatic heterocycles. The molecule has 0 amide bonds. The molecule has 74 valence electrons. The lowest BCUT2D eigenvalue weighted by molar-refractivity contribution is -0.143. The number of ether oxygens (including phenoxy) is 1. The van der Waals surface area contributed by atoms with Crippen molar-refractivity contribution in [2.24, 2.45) is 5.92 Å². The molecule has 0 saturated heterocycles. The van der Waals surface area contributed by atoms with Crippen molar-refractivity contribution in [1.82, 2.24) is 0 Å². The third kappa shape index (κ3) is 1.39. The Morgan fingerprint density at radius 2 is 2.29 bits per heavy atom. The zero-order valence-electron chi connectivity index (χ0n) is 7.43. The van der Waals surface area contributed by atoms with Gasteiger partial charge in [-0.15, -0.1) is 0 Å². The molecule has 0 aliphatic carbocycles. The molecule has 4 nitrogen and oxygen atoms in total. The van der Waals surface area contributed by atoms with E-state index in [1.54, 1.807) is 12.1 Å². The topological polar surface area (TPSA) is 66.8 Å². The molecule has 0 saturated carbocycles. The van der Waals surface area contributed by atoms with Gasteiger partial charge in [0.15, 0.2) is 11.5 Å². The van der Waals surface area contributed by atoms with Crippen LogP contribution in [0.25, 0.3) is 0 Å². The lowest BCUT2D eigenvalue weighted by Gasteiger charge is -2.22. The highest BCUT2D eigenvalue weighted by Gasteiger charge is 2.26. The zero-order valence-corrected chi connectivity index (χ0v) is 7.43. The van der Waals surface area contributed by atoms with Crippen LogP contribution in [0.15, 0.2) is 18.2 Å². The summed E-state index contributed by atoms with van der Waals surface area (Å²) in [5.41, 5.74) is 0.753. The molecule has 0 unspecified atom stereocenters. The van der Waals surface area contributed by atoms with E-state index < -0.39 is 11.9 Å². The van der Waals surface area contributed by atoms with Gasteiger partial charge in [0.25, 0.3) is 0 Å². The molecule has 2 N–H and O–H groups in total. The molecule has 0 fully saturated rings. The number of rotatable bonds is 1. The number of carboxylic acids is 1. The molecule has 0 radical (unpaired) electrons. The molecular weight excluding hydrogens is 184 g/mol. The summed E-state index contributed by atoms with van der Waals surface area (Å²) in [6.45, 7) is 0.125. The van der Waals surface area contributed by atoms with Crippen LogP contribution in [0.2, 0.25) is 0 Å². The first-order valence-corrected chi connectivity index (χ1v) is 4.35. The van der Waals surface area contributed by atoms with Crippen molar-refractivity contribution in [3.8, 4) is 11.5 Å². The number of aliphatic carboxylic acids is 1. The highest BCUT2D eigenvalue weighted by atomic mass is 16.5. The molecule has 1 aromatic rings. The fourth-order valence-electron chi connectivity index (χ4n) is 1.57. The highest BCUT2D eigenvalue weighted by Crippen LogP contribution is 2.35. The third-order valence-electron chi connectivity index (χ3n) is 2.32. The van der Waals surface area contributed by atoms with Crippen LogP contribution in [-0.2, 0) is 11.2 Å². The van der Waals surface area contributed by atoms with Crippen LogP contribution in [0, 0.1) is 5.92 Å². The Balaban J connectivity index is 2.31. The lowest BCUT2D eigenvalue weighted by Crippen LogP contribution is -2.27. The highest BCUT2D eigenvalue weighted by molar-refractivity contribution is 5.71. The zero-order chi connectivity index (χ0) is 10.1. The Morgan fingerprint density at radius 3 is 3.00 bits per heavy atom. The first kappa shape index (κ1) is 8.87. The lowest BCUT2D eigenvalue weighted by atomic mass is 9.97. The number of phenols is 1. The summed E-state index contributed by atoms with van der Waals surface area (Å²) >= 11 is 0. The monoisotopic (exact) mass is 194 g/mol. The van der Waals surface area contributed by atoms with Crippen molar-refractivity contribution in [3.63, 3.8) is 0 Å². The molecule has 4 heteroatoms. The van der Waals surface area contributed by atoms with E-state index in [1.807, 2.05) is 0 Å². The second-order valence-corrected chi connectivity index (χ2v) is 3.32. The minimum absolute atomic E-state index is 0.0753. The van der Waals surface area contributed by atoms with Gasteiger partial charge in [0.2, 0.25) is 0 Å². The van der Waals surface area contributed by atoms with Crippen LogP contribution in [0.3, 0.4) is 0 Å². The predicted octanol–water partition coefficient (Wildman–Crippen LogP) is 1.03. The average Bonchev–Trinajstić information content (AvgIpc) is 2.17. The minimum Gasteiger partial charge on any atom is -0.504 e. The van der Waals surface area contributed by atoms with Gasteiger partial charge < -0.3 is 14.9 Å². The smallest absolute Gasteiger partial charge is 0.310 e. The second kappa shape index (κ2) is 3.21. The number of para-hydroxylation sites is 1. The van der Waals surface area contributed by atoms with E-state index in [0.29, 0.717) is 12.2 Å². The van der Waals surface area contributed by atoms with Gasteiger partial charge in [-0.3, -0.25) is 4.79 Å². The summed E-state index contributed by atoms with van der Waals surface area (Å²) in [6, 6.07) is 4.98. The summed E-state index contributed by atoms with van der Waals surface area (Å²) < 4.78 is 5.20. The quantitative estimate of drug-likeness (QED) is 0.700. The minimum atomic E-state index is -0.862. The normalized spacial score (nSPS) is 19.6. The number of phenolic OH excluding ortho intramolecular Hbond substituents is 1. The molecule has 1 aliphatic rings. The maximum atomic E-state index is 10.7. The molecule has 0 spiro atoms. The molecule has 1 aromatic carbocycles. The number of carboxylic acid groups (broad SMARTS) is 1. The van der Waals surface area contributed by atoms with Gasteiger partial charge in [0.1, 0.15) is 6.61 Å². The van der Waals surface area contributed by atoms with Crippen LogP contribution in [0.5, 0.6) is 11.5 Å². The van der Waals surface area contributed by atoms with Crippen LogP contribution >= 0.6 is 0 Å². The van der Waals surface area contributed by atoms with Gasteiger partial charge in [-0.05, 0) is 18.1 Å². The van der Waals surface area contributed by atoms with E-state index in [2.05, 4.69) is 0 Å². The molecule has 0 bridgehead atoms. The van der Waals surface area contributed by atoms with E-state index in [1.165, 1.54) is 6.07 Å². The summed E-state index contributed by atoms with van der Waals surface area (Å²) in [4.78, 5) is 10.7. The van der Waals surface area contributed by atoms with Gasteiger partial charge in [-0.1, -0.05) is 12.1 Å². The fraction of sp³-hybridized carbons (Fsp3) is 0.300. The summed E-state index contributed by atoms with van der Waals surface area (Å²) in [5, 5.41) is 18.2. The van der Waals surface area contributed by atoms with E-state index in [0.717, 1.165) is 5.56 Å². The number of carbonyl (C=O) groups is 1. The number of benzene rings is 1. The van der Waals surface area contributed by atoms with Crippen molar-refractivity contribution in [2.75, 3.05) is 6.61 Å². The standard InChI is InChI=1S/C10H10O4/c11-8-3-1-2-6-4-7(10(12)13)5-14-9(6)8/h1-3,7,11H,4-5H2,(H,12,13)/t7-/m0/s1. The SMILES string of the molecule is O=C(O)[C@@H]1COc2c(O)cccc2C1. The largest absolute Gasteiger partial charge is 0.504 e. The van der Waals surface area contributed by atoms with Gasteiger partial charge >= 0.3 is 5.97 Å². The van der Waals surface area contributed by atoms with Crippen LogP contribution in [0.1, 0.15) is 5.56 Å². The van der Waals surface area contributed by atoms with Gasteiger partial charge in [0.05, 0.1) is 5.92 Å². The van der Waals surface area contributed by atoms with E-state index >= 15 is 0 Å². The first-order chi connectivity index (χ1) is 6.68. The average molecular weight is 194 g/mol. The molecule has 14 heavy (non-hydrogen) atoms. The molecular formula is C10H10O4. The van der Waals surface area contributed by atoms with E-state index in [9.17, 15) is 9.90 Å². The van der Waals surface area contributed by atoms with Crippen LogP contribution in [-0.4, -0.2) is 22.8 Å². The van der Waals surface area contributed by atoms with E-state index in [-0.39, 0.29) is 12.4 Å². The predicted molar refractivity (Wildman–Crippen MR) is 48.4 cm³/mol. The summed E-state index contributed by atoms with van der Waals surface area (Å²) in [5.74, 6) is -0.875. The molecule has 1 heterocycles. The first-order valence-electron chi connectivity index (χ1n) is 4.35.